The Hall–Kier alpha value is -1.12. The number of carbonyl (C=O) groups is 2. The summed E-state index contributed by atoms with van der Waals surface area (Å²) >= 11 is 0. The van der Waals surface area contributed by atoms with E-state index >= 15 is 0 Å². The van der Waals surface area contributed by atoms with Crippen molar-refractivity contribution >= 4 is 11.8 Å². The van der Waals surface area contributed by atoms with Crippen molar-refractivity contribution < 1.29 is 14.3 Å². The van der Waals surface area contributed by atoms with Crippen molar-refractivity contribution in [2.75, 3.05) is 6.61 Å². The Balaban J connectivity index is 4.29. The van der Waals surface area contributed by atoms with E-state index in [2.05, 4.69) is 6.58 Å². The SMILES string of the molecule is C=CCOC(=O)C(C(C)=O)C(C)C. The number of carbonyl (C=O) groups excluding carboxylic acids is 2. The normalized spacial score (nSPS) is 12.3. The van der Waals surface area contributed by atoms with Crippen LogP contribution in [0.15, 0.2) is 12.7 Å². The van der Waals surface area contributed by atoms with Gasteiger partial charge in [0.05, 0.1) is 0 Å². The topological polar surface area (TPSA) is 43.4 Å². The van der Waals surface area contributed by atoms with Crippen LogP contribution < -0.4 is 0 Å². The van der Waals surface area contributed by atoms with Gasteiger partial charge in [-0.2, -0.15) is 0 Å². The Kier molecular flexibility index (Phi) is 5.04. The Labute approximate surface area is 78.8 Å². The molecule has 3 nitrogen and oxygen atoms in total. The number of Topliss-reactive ketones (excluding diaryl/α,β-unsaturated/α-hetero) is 1. The van der Waals surface area contributed by atoms with Crippen LogP contribution in [0.3, 0.4) is 0 Å². The van der Waals surface area contributed by atoms with Gasteiger partial charge < -0.3 is 4.74 Å². The molecule has 0 aromatic heterocycles. The Morgan fingerprint density at radius 2 is 2.00 bits per heavy atom. The van der Waals surface area contributed by atoms with Crippen molar-refractivity contribution in [2.45, 2.75) is 20.8 Å². The molecule has 1 atom stereocenters. The van der Waals surface area contributed by atoms with Gasteiger partial charge in [-0.1, -0.05) is 26.5 Å². The van der Waals surface area contributed by atoms with E-state index in [0.717, 1.165) is 0 Å². The van der Waals surface area contributed by atoms with E-state index in [1.54, 1.807) is 0 Å². The largest absolute Gasteiger partial charge is 0.461 e. The Bertz CT molecular complexity index is 206. The summed E-state index contributed by atoms with van der Waals surface area (Å²) in [5.41, 5.74) is 0. The molecule has 0 aromatic carbocycles. The second-order valence-corrected chi connectivity index (χ2v) is 3.25. The van der Waals surface area contributed by atoms with Gasteiger partial charge in [-0.15, -0.1) is 0 Å². The minimum Gasteiger partial charge on any atom is -0.461 e. The molecule has 0 radical (unpaired) electrons. The summed E-state index contributed by atoms with van der Waals surface area (Å²) in [6.07, 6.45) is 1.48. The molecule has 0 N–H and O–H groups in total. The van der Waals surface area contributed by atoms with Gasteiger partial charge in [-0.25, -0.2) is 0 Å². The predicted octanol–water partition coefficient (Wildman–Crippen LogP) is 1.58. The lowest BCUT2D eigenvalue weighted by Gasteiger charge is -2.15. The van der Waals surface area contributed by atoms with Crippen molar-refractivity contribution in [3.05, 3.63) is 12.7 Å². The summed E-state index contributed by atoms with van der Waals surface area (Å²) in [6.45, 7) is 8.63. The highest BCUT2D eigenvalue weighted by Gasteiger charge is 2.27. The van der Waals surface area contributed by atoms with Crippen molar-refractivity contribution in [3.8, 4) is 0 Å². The quantitative estimate of drug-likeness (QED) is 0.370. The zero-order valence-electron chi connectivity index (χ0n) is 8.37. The van der Waals surface area contributed by atoms with E-state index in [1.807, 2.05) is 13.8 Å². The number of ether oxygens (including phenoxy) is 1. The van der Waals surface area contributed by atoms with Crippen LogP contribution in [0, 0.1) is 11.8 Å². The second kappa shape index (κ2) is 5.51. The second-order valence-electron chi connectivity index (χ2n) is 3.25. The van der Waals surface area contributed by atoms with E-state index in [9.17, 15) is 9.59 Å². The number of hydrogen-bond acceptors (Lipinski definition) is 3. The summed E-state index contributed by atoms with van der Waals surface area (Å²) in [6, 6.07) is 0. The number of hydrogen-bond donors (Lipinski definition) is 0. The van der Waals surface area contributed by atoms with Gasteiger partial charge in [0.2, 0.25) is 0 Å². The molecule has 0 aromatic rings. The average Bonchev–Trinajstić information content (AvgIpc) is 1.99. The Morgan fingerprint density at radius 1 is 1.46 bits per heavy atom. The first-order valence-corrected chi connectivity index (χ1v) is 4.28. The van der Waals surface area contributed by atoms with Crippen LogP contribution >= 0.6 is 0 Å². The van der Waals surface area contributed by atoms with Crippen molar-refractivity contribution in [3.63, 3.8) is 0 Å². The average molecular weight is 184 g/mol. The number of esters is 1. The van der Waals surface area contributed by atoms with E-state index in [1.165, 1.54) is 13.0 Å². The first-order chi connectivity index (χ1) is 6.00. The summed E-state index contributed by atoms with van der Waals surface area (Å²) in [4.78, 5) is 22.4. The highest BCUT2D eigenvalue weighted by molar-refractivity contribution is 5.97. The van der Waals surface area contributed by atoms with Crippen LogP contribution in [-0.2, 0) is 14.3 Å². The van der Waals surface area contributed by atoms with Crippen LogP contribution in [0.25, 0.3) is 0 Å². The summed E-state index contributed by atoms with van der Waals surface area (Å²) in [7, 11) is 0. The first kappa shape index (κ1) is 11.9. The fraction of sp³-hybridized carbons (Fsp3) is 0.600. The lowest BCUT2D eigenvalue weighted by Crippen LogP contribution is -2.28. The minimum absolute atomic E-state index is 0.0187. The number of ketones is 1. The van der Waals surface area contributed by atoms with Gasteiger partial charge >= 0.3 is 5.97 Å². The van der Waals surface area contributed by atoms with Gasteiger partial charge in [-0.05, 0) is 12.8 Å². The first-order valence-electron chi connectivity index (χ1n) is 4.28. The molecule has 1 unspecified atom stereocenters. The molecule has 0 saturated carbocycles. The molecule has 0 rings (SSSR count). The molecule has 3 heteroatoms. The summed E-state index contributed by atoms with van der Waals surface area (Å²) < 4.78 is 4.80. The maximum atomic E-state index is 11.3. The zero-order chi connectivity index (χ0) is 10.4. The molecular formula is C10H16O3. The smallest absolute Gasteiger partial charge is 0.317 e. The lowest BCUT2D eigenvalue weighted by molar-refractivity contribution is -0.152. The Morgan fingerprint density at radius 3 is 2.31 bits per heavy atom. The fourth-order valence-corrected chi connectivity index (χ4v) is 1.14. The molecule has 13 heavy (non-hydrogen) atoms. The molecule has 0 fully saturated rings. The minimum atomic E-state index is -0.639. The number of rotatable bonds is 5. The molecule has 0 aliphatic rings. The maximum absolute atomic E-state index is 11.3. The highest BCUT2D eigenvalue weighted by atomic mass is 16.5. The summed E-state index contributed by atoms with van der Waals surface area (Å²) in [5, 5.41) is 0. The third-order valence-electron chi connectivity index (χ3n) is 1.70. The van der Waals surface area contributed by atoms with Crippen LogP contribution in [-0.4, -0.2) is 18.4 Å². The van der Waals surface area contributed by atoms with E-state index in [-0.39, 0.29) is 18.3 Å². The molecule has 0 amide bonds. The fourth-order valence-electron chi connectivity index (χ4n) is 1.14. The third-order valence-corrected chi connectivity index (χ3v) is 1.70. The van der Waals surface area contributed by atoms with Gasteiger partial charge in [0.15, 0.2) is 0 Å². The zero-order valence-corrected chi connectivity index (χ0v) is 8.37. The molecule has 0 aliphatic heterocycles. The molecule has 0 heterocycles. The molecule has 0 bridgehead atoms. The van der Waals surface area contributed by atoms with E-state index in [4.69, 9.17) is 4.74 Å². The van der Waals surface area contributed by atoms with Gasteiger partial charge in [0, 0.05) is 0 Å². The monoisotopic (exact) mass is 184 g/mol. The van der Waals surface area contributed by atoms with Gasteiger partial charge in [0.1, 0.15) is 18.3 Å². The van der Waals surface area contributed by atoms with E-state index in [0.29, 0.717) is 0 Å². The van der Waals surface area contributed by atoms with Crippen LogP contribution in [0.5, 0.6) is 0 Å². The molecular weight excluding hydrogens is 168 g/mol. The molecule has 0 saturated heterocycles. The molecule has 0 aliphatic carbocycles. The standard InChI is InChI=1S/C10H16O3/c1-5-6-13-10(12)9(7(2)3)8(4)11/h5,7,9H,1,6H2,2-4H3. The van der Waals surface area contributed by atoms with Crippen molar-refractivity contribution in [1.29, 1.82) is 0 Å². The third kappa shape index (κ3) is 3.87. The predicted molar refractivity (Wildman–Crippen MR) is 50.2 cm³/mol. The van der Waals surface area contributed by atoms with Crippen molar-refractivity contribution in [2.24, 2.45) is 11.8 Å². The van der Waals surface area contributed by atoms with Crippen LogP contribution in [0.2, 0.25) is 0 Å². The van der Waals surface area contributed by atoms with Crippen LogP contribution in [0.1, 0.15) is 20.8 Å². The van der Waals surface area contributed by atoms with Gasteiger partial charge in [0.25, 0.3) is 0 Å². The molecule has 0 spiro atoms. The van der Waals surface area contributed by atoms with Crippen LogP contribution in [0.4, 0.5) is 0 Å². The molecule has 74 valence electrons. The van der Waals surface area contributed by atoms with E-state index < -0.39 is 11.9 Å². The lowest BCUT2D eigenvalue weighted by atomic mass is 9.92. The van der Waals surface area contributed by atoms with Crippen molar-refractivity contribution in [1.82, 2.24) is 0 Å². The highest BCUT2D eigenvalue weighted by Crippen LogP contribution is 2.13. The maximum Gasteiger partial charge on any atom is 0.317 e. The summed E-state index contributed by atoms with van der Waals surface area (Å²) in [5.74, 6) is -1.26. The van der Waals surface area contributed by atoms with Gasteiger partial charge in [-0.3, -0.25) is 9.59 Å².